The molecule has 0 saturated carbocycles. The molecule has 0 aliphatic heterocycles. The lowest BCUT2D eigenvalue weighted by atomic mass is 10.3. The number of hydrogen-bond donors (Lipinski definition) is 2. The van der Waals surface area contributed by atoms with Crippen molar-refractivity contribution < 1.29 is 19.1 Å². The highest BCUT2D eigenvalue weighted by Gasteiger charge is 1.98. The highest BCUT2D eigenvalue weighted by atomic mass is 16.5. The van der Waals surface area contributed by atoms with Crippen LogP contribution in [0, 0.1) is 11.8 Å². The summed E-state index contributed by atoms with van der Waals surface area (Å²) in [5.74, 6) is 5.96. The fourth-order valence-corrected chi connectivity index (χ4v) is 1.40. The average molecular weight is 290 g/mol. The fourth-order valence-electron chi connectivity index (χ4n) is 1.40. The van der Waals surface area contributed by atoms with Crippen LogP contribution in [0.2, 0.25) is 0 Å². The summed E-state index contributed by atoms with van der Waals surface area (Å²) in [5, 5.41) is 5.14. The zero-order valence-corrected chi connectivity index (χ0v) is 12.1. The van der Waals surface area contributed by atoms with Crippen molar-refractivity contribution in [2.75, 3.05) is 25.1 Å². The molecule has 6 nitrogen and oxygen atoms in total. The number of anilines is 1. The van der Waals surface area contributed by atoms with Crippen LogP contribution >= 0.6 is 0 Å². The number of hydrogen-bond acceptors (Lipinski definition) is 4. The SMILES string of the molecule is CCOC(=O)NCC#CCOc1cccc(NC(C)=O)c1. The third kappa shape index (κ3) is 7.47. The Kier molecular flexibility index (Phi) is 7.22. The zero-order chi connectivity index (χ0) is 15.5. The number of nitrogens with one attached hydrogen (secondary N) is 2. The van der Waals surface area contributed by atoms with E-state index in [0.717, 1.165) is 0 Å². The van der Waals surface area contributed by atoms with Gasteiger partial charge in [0, 0.05) is 18.7 Å². The standard InChI is InChI=1S/C15H18N2O4/c1-3-20-15(19)16-9-4-5-10-21-14-8-6-7-13(11-14)17-12(2)18/h6-8,11H,3,9-10H2,1-2H3,(H,16,19)(H,17,18). The van der Waals surface area contributed by atoms with Crippen LogP contribution in [0.5, 0.6) is 5.75 Å². The predicted molar refractivity (Wildman–Crippen MR) is 79.0 cm³/mol. The molecule has 21 heavy (non-hydrogen) atoms. The largest absolute Gasteiger partial charge is 0.481 e. The molecule has 0 saturated heterocycles. The molecule has 1 aromatic carbocycles. The van der Waals surface area contributed by atoms with Gasteiger partial charge < -0.3 is 20.1 Å². The van der Waals surface area contributed by atoms with Crippen molar-refractivity contribution in [1.29, 1.82) is 0 Å². The number of amides is 2. The predicted octanol–water partition coefficient (Wildman–Crippen LogP) is 1.77. The van der Waals surface area contributed by atoms with Gasteiger partial charge in [-0.15, -0.1) is 0 Å². The van der Waals surface area contributed by atoms with E-state index in [-0.39, 0.29) is 19.1 Å². The Bertz CT molecular complexity index is 546. The van der Waals surface area contributed by atoms with Crippen molar-refractivity contribution in [3.63, 3.8) is 0 Å². The number of ether oxygens (including phenoxy) is 2. The maximum Gasteiger partial charge on any atom is 0.407 e. The van der Waals surface area contributed by atoms with Gasteiger partial charge in [-0.25, -0.2) is 4.79 Å². The molecule has 0 unspecified atom stereocenters. The minimum Gasteiger partial charge on any atom is -0.481 e. The molecule has 2 amide bonds. The molecular weight excluding hydrogens is 272 g/mol. The third-order valence-corrected chi connectivity index (χ3v) is 2.19. The smallest absolute Gasteiger partial charge is 0.407 e. The van der Waals surface area contributed by atoms with Crippen LogP contribution in [-0.2, 0) is 9.53 Å². The van der Waals surface area contributed by atoms with Gasteiger partial charge in [-0.1, -0.05) is 17.9 Å². The average Bonchev–Trinajstić information content (AvgIpc) is 2.42. The molecule has 2 N–H and O–H groups in total. The molecular formula is C15H18N2O4. The molecule has 1 rings (SSSR count). The van der Waals surface area contributed by atoms with Gasteiger partial charge in [-0.05, 0) is 19.1 Å². The van der Waals surface area contributed by atoms with Gasteiger partial charge in [-0.3, -0.25) is 4.79 Å². The Balaban J connectivity index is 2.32. The van der Waals surface area contributed by atoms with Crippen molar-refractivity contribution in [2.24, 2.45) is 0 Å². The lowest BCUT2D eigenvalue weighted by Crippen LogP contribution is -2.24. The normalized spacial score (nSPS) is 9.05. The van der Waals surface area contributed by atoms with E-state index in [1.165, 1.54) is 6.92 Å². The molecule has 0 aromatic heterocycles. The van der Waals surface area contributed by atoms with Crippen molar-refractivity contribution in [2.45, 2.75) is 13.8 Å². The maximum absolute atomic E-state index is 11.0. The highest BCUT2D eigenvalue weighted by molar-refractivity contribution is 5.88. The van der Waals surface area contributed by atoms with Crippen LogP contribution in [0.3, 0.4) is 0 Å². The summed E-state index contributed by atoms with van der Waals surface area (Å²) >= 11 is 0. The summed E-state index contributed by atoms with van der Waals surface area (Å²) in [4.78, 5) is 21.9. The number of benzene rings is 1. The van der Waals surface area contributed by atoms with E-state index in [1.54, 1.807) is 31.2 Å². The number of carbonyl (C=O) groups is 2. The number of carbonyl (C=O) groups excluding carboxylic acids is 2. The van der Waals surface area contributed by atoms with E-state index in [4.69, 9.17) is 4.74 Å². The summed E-state index contributed by atoms with van der Waals surface area (Å²) in [6.07, 6.45) is -0.490. The second-order valence-corrected chi connectivity index (χ2v) is 3.93. The maximum atomic E-state index is 11.0. The van der Waals surface area contributed by atoms with Crippen LogP contribution in [0.1, 0.15) is 13.8 Å². The molecule has 112 valence electrons. The molecule has 0 bridgehead atoms. The van der Waals surface area contributed by atoms with E-state index < -0.39 is 6.09 Å². The first kappa shape index (κ1) is 16.4. The van der Waals surface area contributed by atoms with E-state index in [2.05, 4.69) is 27.2 Å². The second-order valence-electron chi connectivity index (χ2n) is 3.93. The monoisotopic (exact) mass is 290 g/mol. The molecule has 1 aromatic rings. The highest BCUT2D eigenvalue weighted by Crippen LogP contribution is 2.16. The van der Waals surface area contributed by atoms with Gasteiger partial charge >= 0.3 is 6.09 Å². The Labute approximate surface area is 123 Å². The number of rotatable bonds is 5. The molecule has 6 heteroatoms. The van der Waals surface area contributed by atoms with Gasteiger partial charge in [0.2, 0.25) is 5.91 Å². The quantitative estimate of drug-likeness (QED) is 0.810. The van der Waals surface area contributed by atoms with E-state index in [1.807, 2.05) is 0 Å². The summed E-state index contributed by atoms with van der Waals surface area (Å²) < 4.78 is 10.1. The topological polar surface area (TPSA) is 76.7 Å². The zero-order valence-electron chi connectivity index (χ0n) is 12.1. The van der Waals surface area contributed by atoms with E-state index in [0.29, 0.717) is 18.0 Å². The first-order chi connectivity index (χ1) is 10.1. The van der Waals surface area contributed by atoms with Crippen molar-refractivity contribution in [3.8, 4) is 17.6 Å². The lowest BCUT2D eigenvalue weighted by Gasteiger charge is -2.05. The van der Waals surface area contributed by atoms with E-state index in [9.17, 15) is 9.59 Å². The lowest BCUT2D eigenvalue weighted by molar-refractivity contribution is -0.114. The van der Waals surface area contributed by atoms with Gasteiger partial charge in [0.15, 0.2) is 0 Å². The minimum absolute atomic E-state index is 0.142. The van der Waals surface area contributed by atoms with Gasteiger partial charge in [-0.2, -0.15) is 0 Å². The van der Waals surface area contributed by atoms with Crippen molar-refractivity contribution in [3.05, 3.63) is 24.3 Å². The number of alkyl carbamates (subject to hydrolysis) is 1. The third-order valence-electron chi connectivity index (χ3n) is 2.19. The summed E-state index contributed by atoms with van der Waals surface area (Å²) in [6.45, 7) is 3.89. The Hall–Kier alpha value is -2.68. The fraction of sp³-hybridized carbons (Fsp3) is 0.333. The van der Waals surface area contributed by atoms with Crippen LogP contribution in [0.4, 0.5) is 10.5 Å². The van der Waals surface area contributed by atoms with Gasteiger partial charge in [0.05, 0.1) is 13.2 Å². The second kappa shape index (κ2) is 9.26. The van der Waals surface area contributed by atoms with Crippen LogP contribution in [-0.4, -0.2) is 31.8 Å². The molecule has 0 spiro atoms. The minimum atomic E-state index is -0.490. The summed E-state index contributed by atoms with van der Waals surface area (Å²) in [7, 11) is 0. The van der Waals surface area contributed by atoms with Crippen LogP contribution < -0.4 is 15.4 Å². The Morgan fingerprint density at radius 2 is 2.10 bits per heavy atom. The molecule has 0 fully saturated rings. The Morgan fingerprint density at radius 1 is 1.29 bits per heavy atom. The first-order valence-electron chi connectivity index (χ1n) is 6.48. The molecule has 0 aliphatic rings. The van der Waals surface area contributed by atoms with E-state index >= 15 is 0 Å². The first-order valence-corrected chi connectivity index (χ1v) is 6.48. The summed E-state index contributed by atoms with van der Waals surface area (Å²) in [5.41, 5.74) is 0.664. The molecule has 0 heterocycles. The van der Waals surface area contributed by atoms with Gasteiger partial charge in [0.1, 0.15) is 12.4 Å². The van der Waals surface area contributed by atoms with Crippen LogP contribution in [0.15, 0.2) is 24.3 Å². The Morgan fingerprint density at radius 3 is 2.81 bits per heavy atom. The molecule has 0 atom stereocenters. The summed E-state index contributed by atoms with van der Waals surface area (Å²) in [6, 6.07) is 7.02. The molecule has 0 radical (unpaired) electrons. The molecule has 0 aliphatic carbocycles. The van der Waals surface area contributed by atoms with Crippen molar-refractivity contribution in [1.82, 2.24) is 5.32 Å². The van der Waals surface area contributed by atoms with Crippen molar-refractivity contribution >= 4 is 17.7 Å². The van der Waals surface area contributed by atoms with Gasteiger partial charge in [0.25, 0.3) is 0 Å². The van der Waals surface area contributed by atoms with Crippen LogP contribution in [0.25, 0.3) is 0 Å².